The number of aromatic amines is 1. The number of hydrogen-bond acceptors (Lipinski definition) is 4. The Morgan fingerprint density at radius 3 is 2.67 bits per heavy atom. The van der Waals surface area contributed by atoms with Gasteiger partial charge < -0.3 is 9.84 Å². The number of nitrogens with one attached hydrogen (secondary N) is 1. The molecule has 0 saturated carbocycles. The molecule has 0 radical (unpaired) electrons. The van der Waals surface area contributed by atoms with Gasteiger partial charge in [-0.05, 0) is 13.8 Å². The summed E-state index contributed by atoms with van der Waals surface area (Å²) in [4.78, 5) is 4.03. The Hall–Kier alpha value is -0.940. The lowest BCUT2D eigenvalue weighted by molar-refractivity contribution is 0.0117. The second kappa shape index (κ2) is 3.20. The third-order valence-electron chi connectivity index (χ3n) is 1.73. The molecule has 0 saturated heterocycles. The fraction of sp³-hybridized carbons (Fsp3) is 0.714. The van der Waals surface area contributed by atoms with E-state index < -0.39 is 5.60 Å². The highest BCUT2D eigenvalue weighted by Gasteiger charge is 2.24. The standard InChI is InChI=1S/C7H13N3O2/c1-7(2,12-3)6-8-5(4-11)9-10-6/h11H,4H2,1-3H3,(H,8,9,10). The maximum atomic E-state index is 8.71. The first-order valence-corrected chi connectivity index (χ1v) is 3.68. The fourth-order valence-electron chi connectivity index (χ4n) is 0.727. The molecule has 0 bridgehead atoms. The van der Waals surface area contributed by atoms with Crippen LogP contribution in [-0.2, 0) is 16.9 Å². The van der Waals surface area contributed by atoms with Gasteiger partial charge in [0, 0.05) is 7.11 Å². The molecule has 2 N–H and O–H groups in total. The number of nitrogens with zero attached hydrogens (tertiary/aromatic N) is 2. The van der Waals surface area contributed by atoms with Gasteiger partial charge in [0.25, 0.3) is 0 Å². The second-order valence-electron chi connectivity index (χ2n) is 2.98. The van der Waals surface area contributed by atoms with E-state index in [-0.39, 0.29) is 6.61 Å². The van der Waals surface area contributed by atoms with Gasteiger partial charge in [0.15, 0.2) is 5.82 Å². The largest absolute Gasteiger partial charge is 0.388 e. The molecule has 1 aromatic rings. The monoisotopic (exact) mass is 171 g/mol. The van der Waals surface area contributed by atoms with E-state index in [1.807, 2.05) is 13.8 Å². The van der Waals surface area contributed by atoms with E-state index >= 15 is 0 Å². The van der Waals surface area contributed by atoms with Crippen molar-refractivity contribution in [2.45, 2.75) is 26.1 Å². The predicted octanol–water partition coefficient (Wildman–Crippen LogP) is 0.178. The number of H-pyrrole nitrogens is 1. The molecule has 0 spiro atoms. The molecule has 0 aromatic carbocycles. The predicted molar refractivity (Wildman–Crippen MR) is 42.3 cm³/mol. The van der Waals surface area contributed by atoms with Crippen LogP contribution >= 0.6 is 0 Å². The van der Waals surface area contributed by atoms with Gasteiger partial charge in [0.2, 0.25) is 0 Å². The van der Waals surface area contributed by atoms with Gasteiger partial charge in [-0.25, -0.2) is 4.98 Å². The zero-order valence-electron chi connectivity index (χ0n) is 7.46. The summed E-state index contributed by atoms with van der Waals surface area (Å²) in [5, 5.41) is 15.2. The van der Waals surface area contributed by atoms with Crippen LogP contribution in [0.4, 0.5) is 0 Å². The third-order valence-corrected chi connectivity index (χ3v) is 1.73. The van der Waals surface area contributed by atoms with Gasteiger partial charge in [-0.2, -0.15) is 5.10 Å². The van der Waals surface area contributed by atoms with Crippen LogP contribution in [0.5, 0.6) is 0 Å². The van der Waals surface area contributed by atoms with Gasteiger partial charge in [0.05, 0.1) is 0 Å². The SMILES string of the molecule is COC(C)(C)c1n[nH]c(CO)n1. The van der Waals surface area contributed by atoms with Crippen LogP contribution in [0.2, 0.25) is 0 Å². The zero-order chi connectivity index (χ0) is 9.19. The van der Waals surface area contributed by atoms with Crippen molar-refractivity contribution in [3.63, 3.8) is 0 Å². The number of aliphatic hydroxyl groups is 1. The minimum atomic E-state index is -0.510. The Morgan fingerprint density at radius 2 is 2.25 bits per heavy atom. The van der Waals surface area contributed by atoms with Crippen LogP contribution in [0, 0.1) is 0 Å². The van der Waals surface area contributed by atoms with Gasteiger partial charge in [0.1, 0.15) is 18.0 Å². The van der Waals surface area contributed by atoms with Crippen molar-refractivity contribution in [3.05, 3.63) is 11.6 Å². The van der Waals surface area contributed by atoms with Crippen LogP contribution in [0.25, 0.3) is 0 Å². The molecule has 1 rings (SSSR count). The third kappa shape index (κ3) is 1.62. The van der Waals surface area contributed by atoms with E-state index in [1.54, 1.807) is 7.11 Å². The van der Waals surface area contributed by atoms with E-state index in [0.717, 1.165) is 0 Å². The van der Waals surface area contributed by atoms with Crippen LogP contribution in [-0.4, -0.2) is 27.4 Å². The van der Waals surface area contributed by atoms with Crippen molar-refractivity contribution in [3.8, 4) is 0 Å². The molecule has 0 aliphatic heterocycles. The van der Waals surface area contributed by atoms with Crippen molar-refractivity contribution >= 4 is 0 Å². The molecule has 68 valence electrons. The number of hydrogen-bond donors (Lipinski definition) is 2. The van der Waals surface area contributed by atoms with Gasteiger partial charge in [-0.15, -0.1) is 0 Å². The molecule has 1 heterocycles. The molecular weight excluding hydrogens is 158 g/mol. The Labute approximate surface area is 70.8 Å². The Kier molecular flexibility index (Phi) is 2.44. The minimum absolute atomic E-state index is 0.132. The normalized spacial score (nSPS) is 12.0. The topological polar surface area (TPSA) is 71.0 Å². The first-order valence-electron chi connectivity index (χ1n) is 3.68. The van der Waals surface area contributed by atoms with Crippen LogP contribution in [0.3, 0.4) is 0 Å². The quantitative estimate of drug-likeness (QED) is 0.680. The van der Waals surface area contributed by atoms with Crippen LogP contribution in [0.15, 0.2) is 0 Å². The summed E-state index contributed by atoms with van der Waals surface area (Å²) in [6.07, 6.45) is 0. The van der Waals surface area contributed by atoms with Crippen molar-refractivity contribution < 1.29 is 9.84 Å². The number of ether oxygens (including phenoxy) is 1. The molecule has 0 atom stereocenters. The van der Waals surface area contributed by atoms with E-state index in [1.165, 1.54) is 0 Å². The molecule has 0 unspecified atom stereocenters. The smallest absolute Gasteiger partial charge is 0.182 e. The Balaban J connectivity index is 2.88. The number of aliphatic hydroxyl groups excluding tert-OH is 1. The van der Waals surface area contributed by atoms with Crippen LogP contribution in [0.1, 0.15) is 25.5 Å². The number of aromatic nitrogens is 3. The summed E-state index contributed by atoms with van der Waals surface area (Å²) in [6.45, 7) is 3.58. The lowest BCUT2D eigenvalue weighted by atomic mass is 10.1. The van der Waals surface area contributed by atoms with E-state index in [4.69, 9.17) is 9.84 Å². The van der Waals surface area contributed by atoms with E-state index in [0.29, 0.717) is 11.6 Å². The molecule has 1 aromatic heterocycles. The average Bonchev–Trinajstić information content (AvgIpc) is 2.52. The summed E-state index contributed by atoms with van der Waals surface area (Å²) in [6, 6.07) is 0. The van der Waals surface area contributed by atoms with Gasteiger partial charge in [-0.3, -0.25) is 5.10 Å². The molecule has 5 nitrogen and oxygen atoms in total. The highest BCUT2D eigenvalue weighted by Crippen LogP contribution is 2.19. The summed E-state index contributed by atoms with van der Waals surface area (Å²) < 4.78 is 5.15. The summed E-state index contributed by atoms with van der Waals surface area (Å²) in [7, 11) is 1.59. The zero-order valence-corrected chi connectivity index (χ0v) is 7.46. The molecule has 0 aliphatic carbocycles. The maximum Gasteiger partial charge on any atom is 0.182 e. The van der Waals surface area contributed by atoms with Crippen molar-refractivity contribution in [2.75, 3.05) is 7.11 Å². The minimum Gasteiger partial charge on any atom is -0.388 e. The molecular formula is C7H13N3O2. The number of rotatable bonds is 3. The highest BCUT2D eigenvalue weighted by molar-refractivity contribution is 4.98. The maximum absolute atomic E-state index is 8.71. The van der Waals surface area contributed by atoms with Gasteiger partial charge in [-0.1, -0.05) is 0 Å². The fourth-order valence-corrected chi connectivity index (χ4v) is 0.727. The second-order valence-corrected chi connectivity index (χ2v) is 2.98. The van der Waals surface area contributed by atoms with Crippen molar-refractivity contribution in [1.29, 1.82) is 0 Å². The van der Waals surface area contributed by atoms with Crippen molar-refractivity contribution in [1.82, 2.24) is 15.2 Å². The van der Waals surface area contributed by atoms with E-state index in [9.17, 15) is 0 Å². The lowest BCUT2D eigenvalue weighted by Crippen LogP contribution is -2.21. The summed E-state index contributed by atoms with van der Waals surface area (Å²) in [5.41, 5.74) is -0.510. The van der Waals surface area contributed by atoms with Crippen molar-refractivity contribution in [2.24, 2.45) is 0 Å². The first-order chi connectivity index (χ1) is 5.60. The summed E-state index contributed by atoms with van der Waals surface area (Å²) >= 11 is 0. The molecule has 0 aliphatic rings. The van der Waals surface area contributed by atoms with Gasteiger partial charge >= 0.3 is 0 Å². The molecule has 0 fully saturated rings. The Bertz CT molecular complexity index is 257. The first kappa shape index (κ1) is 9.15. The highest BCUT2D eigenvalue weighted by atomic mass is 16.5. The molecule has 12 heavy (non-hydrogen) atoms. The lowest BCUT2D eigenvalue weighted by Gasteiger charge is -2.17. The average molecular weight is 171 g/mol. The Morgan fingerprint density at radius 1 is 1.58 bits per heavy atom. The summed E-state index contributed by atoms with van der Waals surface area (Å²) in [5.74, 6) is 1.00. The van der Waals surface area contributed by atoms with E-state index in [2.05, 4.69) is 15.2 Å². The molecule has 0 amide bonds. The van der Waals surface area contributed by atoms with Crippen LogP contribution < -0.4 is 0 Å². The number of methoxy groups -OCH3 is 1. The molecule has 5 heteroatoms.